The van der Waals surface area contributed by atoms with Crippen LogP contribution in [0.25, 0.3) is 0 Å². The molecule has 4 atom stereocenters. The Morgan fingerprint density at radius 3 is 2.00 bits per heavy atom. The number of fused-ring (bicyclic) bond motifs is 2. The summed E-state index contributed by atoms with van der Waals surface area (Å²) < 4.78 is 42.2. The second-order valence-corrected chi connectivity index (χ2v) is 3.52. The monoisotopic (exact) mass is 217 g/mol. The lowest BCUT2D eigenvalue weighted by molar-refractivity contribution is -0.452. The van der Waals surface area contributed by atoms with Crippen molar-refractivity contribution in [1.82, 2.24) is 0 Å². The van der Waals surface area contributed by atoms with Crippen molar-refractivity contribution in [3.05, 3.63) is 0 Å². The summed E-state index contributed by atoms with van der Waals surface area (Å²) in [4.78, 5) is 0. The summed E-state index contributed by atoms with van der Waals surface area (Å²) in [6.07, 6.45) is -3.71. The maximum Gasteiger partial charge on any atom is 0.400 e. The minimum atomic E-state index is -4.13. The van der Waals surface area contributed by atoms with Gasteiger partial charge in [0.15, 0.2) is 0 Å². The first kappa shape index (κ1) is 11.1. The zero-order valence-electron chi connectivity index (χ0n) is 6.85. The van der Waals surface area contributed by atoms with Gasteiger partial charge in [0, 0.05) is 0 Å². The Morgan fingerprint density at radius 1 is 1.15 bits per heavy atom. The van der Waals surface area contributed by atoms with Crippen molar-refractivity contribution < 1.29 is 36.0 Å². The quantitative estimate of drug-likeness (QED) is 0.473. The van der Waals surface area contributed by atoms with Crippen LogP contribution in [0.2, 0.25) is 0 Å². The first-order chi connectivity index (χ1) is 5.50. The molecule has 2 heterocycles. The van der Waals surface area contributed by atoms with E-state index >= 15 is 0 Å². The molecule has 2 rings (SSSR count). The third-order valence-corrected chi connectivity index (χ3v) is 2.80. The summed E-state index contributed by atoms with van der Waals surface area (Å²) >= 11 is 0. The van der Waals surface area contributed by atoms with Crippen LogP contribution in [0.5, 0.6) is 0 Å². The molecule has 0 aromatic carbocycles. The van der Waals surface area contributed by atoms with Crippen LogP contribution in [0.3, 0.4) is 0 Å². The summed E-state index contributed by atoms with van der Waals surface area (Å²) in [6.45, 7) is 0. The number of hydrogen-bond acceptors (Lipinski definition) is 1. The highest BCUT2D eigenvalue weighted by atomic mass is 35.5. The zero-order valence-corrected chi connectivity index (χ0v) is 7.61. The largest absolute Gasteiger partial charge is 1.00 e. The highest BCUT2D eigenvalue weighted by Crippen LogP contribution is 2.45. The molecule has 2 aliphatic heterocycles. The van der Waals surface area contributed by atoms with Crippen molar-refractivity contribution in [2.24, 2.45) is 5.92 Å². The topological polar surface area (TPSA) is 36.9 Å². The third kappa shape index (κ3) is 1.65. The number of quaternary nitrogens is 1. The molecular formula is C7H11ClF3NO. The molecule has 13 heavy (non-hydrogen) atoms. The van der Waals surface area contributed by atoms with E-state index < -0.39 is 24.2 Å². The molecule has 2 fully saturated rings. The van der Waals surface area contributed by atoms with Gasteiger partial charge in [-0.25, -0.2) is 0 Å². The van der Waals surface area contributed by atoms with Gasteiger partial charge in [0.2, 0.25) is 0 Å². The molecule has 0 radical (unpaired) electrons. The molecule has 6 heteroatoms. The average Bonchev–Trinajstić information content (AvgIpc) is 2.42. The van der Waals surface area contributed by atoms with Gasteiger partial charge in [-0.3, -0.25) is 0 Å². The molecule has 0 spiro atoms. The second kappa shape index (κ2) is 3.29. The predicted molar refractivity (Wildman–Crippen MR) is 34.1 cm³/mol. The lowest BCUT2D eigenvalue weighted by Crippen LogP contribution is -3.00. The normalized spacial score (nSPS) is 43.4. The molecule has 0 amide bonds. The van der Waals surface area contributed by atoms with Gasteiger partial charge in [0.1, 0.15) is 18.1 Å². The lowest BCUT2D eigenvalue weighted by atomic mass is 9.85. The number of hydrogen-bond donors (Lipinski definition) is 1. The van der Waals surface area contributed by atoms with Crippen molar-refractivity contribution in [3.8, 4) is 0 Å². The van der Waals surface area contributed by atoms with Crippen LogP contribution < -0.4 is 18.1 Å². The highest BCUT2D eigenvalue weighted by Gasteiger charge is 2.61. The number of rotatable bonds is 0. The van der Waals surface area contributed by atoms with Gasteiger partial charge in [-0.1, -0.05) is 0 Å². The van der Waals surface area contributed by atoms with Crippen LogP contribution in [0.15, 0.2) is 0 Å². The molecule has 2 saturated heterocycles. The van der Waals surface area contributed by atoms with Crippen molar-refractivity contribution in [2.75, 3.05) is 0 Å². The minimum Gasteiger partial charge on any atom is -1.00 e. The smallest absolute Gasteiger partial charge is 0.400 e. The van der Waals surface area contributed by atoms with Crippen LogP contribution in [-0.4, -0.2) is 24.4 Å². The summed E-state index contributed by atoms with van der Waals surface area (Å²) in [6, 6.07) is -0.594. The molecule has 0 aliphatic carbocycles. The second-order valence-electron chi connectivity index (χ2n) is 3.52. The fourth-order valence-electron chi connectivity index (χ4n) is 2.23. The van der Waals surface area contributed by atoms with E-state index in [9.17, 15) is 13.2 Å². The summed E-state index contributed by atoms with van der Waals surface area (Å²) in [7, 11) is 0. The Morgan fingerprint density at radius 2 is 1.69 bits per heavy atom. The van der Waals surface area contributed by atoms with E-state index in [1.807, 2.05) is 0 Å². The van der Waals surface area contributed by atoms with Gasteiger partial charge in [-0.2, -0.15) is 13.2 Å². The van der Waals surface area contributed by atoms with Crippen molar-refractivity contribution >= 4 is 0 Å². The Hall–Kier alpha value is -0.0000000000000000555. The van der Waals surface area contributed by atoms with E-state index in [0.717, 1.165) is 6.42 Å². The van der Waals surface area contributed by atoms with Gasteiger partial charge >= 0.3 is 6.18 Å². The first-order valence-corrected chi connectivity index (χ1v) is 4.05. The van der Waals surface area contributed by atoms with E-state index in [-0.39, 0.29) is 18.5 Å². The summed E-state index contributed by atoms with van der Waals surface area (Å²) in [5, 5.41) is 0. The minimum absolute atomic E-state index is 0. The third-order valence-electron chi connectivity index (χ3n) is 2.80. The Kier molecular flexibility index (Phi) is 2.81. The Balaban J connectivity index is 0.000000845. The van der Waals surface area contributed by atoms with E-state index in [4.69, 9.17) is 4.74 Å². The number of halogens is 4. The molecule has 78 valence electrons. The van der Waals surface area contributed by atoms with Crippen LogP contribution >= 0.6 is 0 Å². The zero-order chi connectivity index (χ0) is 8.93. The van der Waals surface area contributed by atoms with E-state index in [0.29, 0.717) is 6.42 Å². The van der Waals surface area contributed by atoms with Gasteiger partial charge in [-0.05, 0) is 12.8 Å². The van der Waals surface area contributed by atoms with Gasteiger partial charge in [-0.15, -0.1) is 0 Å². The number of ether oxygens (including phenoxy) is 1. The molecule has 2 unspecified atom stereocenters. The Bertz CT molecular complexity index is 197. The molecule has 3 N–H and O–H groups in total. The lowest BCUT2D eigenvalue weighted by Gasteiger charge is -2.24. The maximum atomic E-state index is 12.3. The maximum absolute atomic E-state index is 12.3. The van der Waals surface area contributed by atoms with Crippen LogP contribution in [0.4, 0.5) is 13.2 Å². The average molecular weight is 218 g/mol. The Labute approximate surface area is 80.0 Å². The molecule has 0 aromatic heterocycles. The van der Waals surface area contributed by atoms with Crippen LogP contribution in [0, 0.1) is 5.92 Å². The van der Waals surface area contributed by atoms with E-state index in [2.05, 4.69) is 5.73 Å². The summed E-state index contributed by atoms with van der Waals surface area (Å²) in [5.41, 5.74) is 3.52. The SMILES string of the molecule is [Cl-].[NH3+][C@@H]1C2CCC(O2)[C@@H]1C(F)(F)F. The van der Waals surface area contributed by atoms with Crippen molar-refractivity contribution in [1.29, 1.82) is 0 Å². The van der Waals surface area contributed by atoms with Crippen molar-refractivity contribution in [3.63, 3.8) is 0 Å². The number of alkyl halides is 3. The standard InChI is InChI=1S/C7H10F3NO.ClH/c8-7(9,10)5-3-1-2-4(12-3)6(5)11;/h3-6H,1-2,11H2;1H/t3?,4?,5-,6+;/m0./s1. The molecular weight excluding hydrogens is 207 g/mol. The molecule has 0 saturated carbocycles. The fraction of sp³-hybridized carbons (Fsp3) is 1.00. The predicted octanol–water partition coefficient (Wildman–Crippen LogP) is -2.66. The van der Waals surface area contributed by atoms with Crippen LogP contribution in [0.1, 0.15) is 12.8 Å². The summed E-state index contributed by atoms with van der Waals surface area (Å²) in [5.74, 6) is -1.32. The first-order valence-electron chi connectivity index (χ1n) is 4.05. The van der Waals surface area contributed by atoms with Gasteiger partial charge in [0.25, 0.3) is 0 Å². The van der Waals surface area contributed by atoms with Crippen molar-refractivity contribution in [2.45, 2.75) is 37.3 Å². The van der Waals surface area contributed by atoms with Crippen LogP contribution in [-0.2, 0) is 4.74 Å². The van der Waals surface area contributed by atoms with E-state index in [1.165, 1.54) is 0 Å². The highest BCUT2D eigenvalue weighted by molar-refractivity contribution is 4.98. The van der Waals surface area contributed by atoms with Gasteiger partial charge < -0.3 is 22.9 Å². The molecule has 0 aromatic rings. The molecule has 2 aliphatic rings. The van der Waals surface area contributed by atoms with E-state index in [1.54, 1.807) is 0 Å². The molecule has 2 bridgehead atoms. The molecule has 2 nitrogen and oxygen atoms in total. The van der Waals surface area contributed by atoms with Gasteiger partial charge in [0.05, 0.1) is 6.10 Å². The fourth-order valence-corrected chi connectivity index (χ4v) is 2.23.